The highest BCUT2D eigenvalue weighted by Crippen LogP contribution is 2.32. The second-order valence-electron chi connectivity index (χ2n) is 6.80. The number of benzene rings is 3. The third kappa shape index (κ3) is 4.16. The fraction of sp³-hybridized carbons (Fsp3) is 0.0417. The maximum atomic E-state index is 12.5. The van der Waals surface area contributed by atoms with E-state index in [1.54, 1.807) is 36.4 Å². The molecule has 152 valence electrons. The Bertz CT molecular complexity index is 1250. The summed E-state index contributed by atoms with van der Waals surface area (Å²) in [5.74, 6) is 1.86. The summed E-state index contributed by atoms with van der Waals surface area (Å²) in [5, 5.41) is 6.88. The molecule has 0 radical (unpaired) electrons. The van der Waals surface area contributed by atoms with Crippen LogP contribution in [0.3, 0.4) is 0 Å². The van der Waals surface area contributed by atoms with Crippen LogP contribution in [0.15, 0.2) is 77.3 Å². The first kappa shape index (κ1) is 18.6. The SMILES string of the molecule is O=C(Nc1ccc(-c2noc(/C=C/c3ccccc3)n2)cc1)c1ccc2c(c1)OCO2. The van der Waals surface area contributed by atoms with E-state index in [2.05, 4.69) is 15.5 Å². The molecule has 1 aliphatic heterocycles. The highest BCUT2D eigenvalue weighted by molar-refractivity contribution is 6.04. The number of carbonyl (C=O) groups is 1. The minimum Gasteiger partial charge on any atom is -0.454 e. The molecular formula is C24H17N3O4. The third-order valence-corrected chi connectivity index (χ3v) is 4.70. The van der Waals surface area contributed by atoms with Gasteiger partial charge in [-0.1, -0.05) is 35.5 Å². The van der Waals surface area contributed by atoms with Crippen molar-refractivity contribution in [2.75, 3.05) is 12.1 Å². The fourth-order valence-corrected chi connectivity index (χ4v) is 3.10. The van der Waals surface area contributed by atoms with Gasteiger partial charge in [0, 0.05) is 22.9 Å². The zero-order valence-electron chi connectivity index (χ0n) is 16.3. The number of ether oxygens (including phenoxy) is 2. The molecule has 0 aliphatic carbocycles. The minimum absolute atomic E-state index is 0.168. The van der Waals surface area contributed by atoms with Crippen molar-refractivity contribution < 1.29 is 18.8 Å². The number of nitrogens with one attached hydrogen (secondary N) is 1. The van der Waals surface area contributed by atoms with Gasteiger partial charge in [-0.05, 0) is 54.1 Å². The maximum Gasteiger partial charge on any atom is 0.255 e. The van der Waals surface area contributed by atoms with Crippen molar-refractivity contribution in [1.82, 2.24) is 10.1 Å². The molecule has 5 rings (SSSR count). The predicted molar refractivity (Wildman–Crippen MR) is 116 cm³/mol. The molecule has 0 saturated carbocycles. The number of carbonyl (C=O) groups excluding carboxylic acids is 1. The molecule has 3 aromatic carbocycles. The summed E-state index contributed by atoms with van der Waals surface area (Å²) in [7, 11) is 0. The molecular weight excluding hydrogens is 394 g/mol. The van der Waals surface area contributed by atoms with Gasteiger partial charge in [0.1, 0.15) is 0 Å². The van der Waals surface area contributed by atoms with Crippen molar-refractivity contribution in [2.45, 2.75) is 0 Å². The molecule has 0 fully saturated rings. The van der Waals surface area contributed by atoms with Gasteiger partial charge < -0.3 is 19.3 Å². The van der Waals surface area contributed by atoms with Gasteiger partial charge in [0.2, 0.25) is 12.6 Å². The molecule has 0 bridgehead atoms. The van der Waals surface area contributed by atoms with Gasteiger partial charge in [-0.25, -0.2) is 0 Å². The van der Waals surface area contributed by atoms with Gasteiger partial charge in [-0.15, -0.1) is 0 Å². The first-order chi connectivity index (χ1) is 15.2. The largest absolute Gasteiger partial charge is 0.454 e. The van der Waals surface area contributed by atoms with Gasteiger partial charge in [0.15, 0.2) is 11.5 Å². The first-order valence-electron chi connectivity index (χ1n) is 9.63. The predicted octanol–water partition coefficient (Wildman–Crippen LogP) is 4.89. The lowest BCUT2D eigenvalue weighted by atomic mass is 10.1. The molecule has 1 amide bonds. The van der Waals surface area contributed by atoms with Crippen molar-refractivity contribution in [1.29, 1.82) is 0 Å². The van der Waals surface area contributed by atoms with Crippen molar-refractivity contribution in [3.05, 3.63) is 89.8 Å². The maximum absolute atomic E-state index is 12.5. The van der Waals surface area contributed by atoms with E-state index in [4.69, 9.17) is 14.0 Å². The summed E-state index contributed by atoms with van der Waals surface area (Å²) in [6.45, 7) is 0.168. The number of rotatable bonds is 5. The van der Waals surface area contributed by atoms with Crippen LogP contribution in [0.25, 0.3) is 23.5 Å². The summed E-state index contributed by atoms with van der Waals surface area (Å²) in [5.41, 5.74) is 2.97. The van der Waals surface area contributed by atoms with Crippen LogP contribution in [0.1, 0.15) is 21.8 Å². The standard InChI is InChI=1S/C24H17N3O4/c28-24(18-9-12-20-21(14-18)30-15-29-20)25-19-10-7-17(8-11-19)23-26-22(31-27-23)13-6-16-4-2-1-3-5-16/h1-14H,15H2,(H,25,28)/b13-6+. The monoisotopic (exact) mass is 411 g/mol. The van der Waals surface area contributed by atoms with E-state index < -0.39 is 0 Å². The number of hydrogen-bond acceptors (Lipinski definition) is 6. The summed E-state index contributed by atoms with van der Waals surface area (Å²) in [4.78, 5) is 16.9. The normalized spacial score (nSPS) is 12.3. The molecule has 31 heavy (non-hydrogen) atoms. The molecule has 1 aromatic heterocycles. The zero-order valence-corrected chi connectivity index (χ0v) is 16.3. The summed E-state index contributed by atoms with van der Waals surface area (Å²) >= 11 is 0. The molecule has 7 nitrogen and oxygen atoms in total. The average Bonchev–Trinajstić information content (AvgIpc) is 3.48. The van der Waals surface area contributed by atoms with Gasteiger partial charge in [-0.3, -0.25) is 4.79 Å². The fourth-order valence-electron chi connectivity index (χ4n) is 3.10. The van der Waals surface area contributed by atoms with Crippen molar-refractivity contribution in [3.63, 3.8) is 0 Å². The third-order valence-electron chi connectivity index (χ3n) is 4.70. The Morgan fingerprint density at radius 2 is 1.71 bits per heavy atom. The smallest absolute Gasteiger partial charge is 0.255 e. The summed E-state index contributed by atoms with van der Waals surface area (Å²) in [6, 6.07) is 22.2. The number of aromatic nitrogens is 2. The number of amides is 1. The van der Waals surface area contributed by atoms with E-state index in [1.165, 1.54) is 0 Å². The van der Waals surface area contributed by atoms with Crippen molar-refractivity contribution >= 4 is 23.7 Å². The Balaban J connectivity index is 1.25. The highest BCUT2D eigenvalue weighted by Gasteiger charge is 2.16. The number of hydrogen-bond donors (Lipinski definition) is 1. The Hall–Kier alpha value is -4.39. The Labute approximate surface area is 177 Å². The van der Waals surface area contributed by atoms with E-state index in [0.29, 0.717) is 34.5 Å². The van der Waals surface area contributed by atoms with Crippen LogP contribution < -0.4 is 14.8 Å². The van der Waals surface area contributed by atoms with E-state index in [1.807, 2.05) is 48.5 Å². The summed E-state index contributed by atoms with van der Waals surface area (Å²) < 4.78 is 15.9. The minimum atomic E-state index is -0.237. The van der Waals surface area contributed by atoms with Crippen LogP contribution >= 0.6 is 0 Å². The Morgan fingerprint density at radius 3 is 2.55 bits per heavy atom. The van der Waals surface area contributed by atoms with Gasteiger partial charge in [0.25, 0.3) is 11.8 Å². The van der Waals surface area contributed by atoms with Crippen LogP contribution in [0.4, 0.5) is 5.69 Å². The molecule has 0 atom stereocenters. The highest BCUT2D eigenvalue weighted by atomic mass is 16.7. The quantitative estimate of drug-likeness (QED) is 0.503. The van der Waals surface area contributed by atoms with E-state index >= 15 is 0 Å². The van der Waals surface area contributed by atoms with Crippen molar-refractivity contribution in [3.8, 4) is 22.9 Å². The molecule has 4 aromatic rings. The first-order valence-corrected chi connectivity index (χ1v) is 9.63. The molecule has 0 saturated heterocycles. The van der Waals surface area contributed by atoms with Crippen LogP contribution in [0.2, 0.25) is 0 Å². The van der Waals surface area contributed by atoms with Gasteiger partial charge in [-0.2, -0.15) is 4.98 Å². The van der Waals surface area contributed by atoms with Crippen LogP contribution in [-0.2, 0) is 0 Å². The molecule has 1 N–H and O–H groups in total. The average molecular weight is 411 g/mol. The number of nitrogens with zero attached hydrogens (tertiary/aromatic N) is 2. The number of fused-ring (bicyclic) bond motifs is 1. The van der Waals surface area contributed by atoms with E-state index in [0.717, 1.165) is 11.1 Å². The topological polar surface area (TPSA) is 86.5 Å². The van der Waals surface area contributed by atoms with Gasteiger partial charge in [0.05, 0.1) is 0 Å². The lowest BCUT2D eigenvalue weighted by molar-refractivity contribution is 0.102. The molecule has 0 spiro atoms. The van der Waals surface area contributed by atoms with Crippen LogP contribution in [0, 0.1) is 0 Å². The lowest BCUT2D eigenvalue weighted by Crippen LogP contribution is -2.11. The second-order valence-corrected chi connectivity index (χ2v) is 6.80. The van der Waals surface area contributed by atoms with Crippen LogP contribution in [-0.4, -0.2) is 22.8 Å². The zero-order chi connectivity index (χ0) is 21.0. The molecule has 1 aliphatic rings. The summed E-state index contributed by atoms with van der Waals surface area (Å²) in [6.07, 6.45) is 3.68. The van der Waals surface area contributed by atoms with E-state index in [-0.39, 0.29) is 12.7 Å². The number of anilines is 1. The van der Waals surface area contributed by atoms with E-state index in [9.17, 15) is 4.79 Å². The second kappa shape index (κ2) is 8.16. The molecule has 2 heterocycles. The lowest BCUT2D eigenvalue weighted by Gasteiger charge is -2.06. The van der Waals surface area contributed by atoms with Crippen molar-refractivity contribution in [2.24, 2.45) is 0 Å². The Kier molecular flexibility index (Phi) is 4.90. The Morgan fingerprint density at radius 1 is 0.903 bits per heavy atom. The molecule has 7 heteroatoms. The van der Waals surface area contributed by atoms with Crippen LogP contribution in [0.5, 0.6) is 11.5 Å². The molecule has 0 unspecified atom stereocenters. The van der Waals surface area contributed by atoms with Gasteiger partial charge >= 0.3 is 0 Å².